The number of carbonyl (C=O) groups excluding carboxylic acids is 6. The Balaban J connectivity index is 0.00000109. The summed E-state index contributed by atoms with van der Waals surface area (Å²) in [6, 6.07) is 16.7. The summed E-state index contributed by atoms with van der Waals surface area (Å²) in [5.74, 6) is -2.35. The number of hydrogen-bond donors (Lipinski definition) is 4. The Kier molecular flexibility index (Phi) is 35.4. The molecule has 2 aromatic carbocycles. The van der Waals surface area contributed by atoms with Gasteiger partial charge in [0.2, 0.25) is 5.97 Å². The van der Waals surface area contributed by atoms with Crippen LogP contribution in [0.3, 0.4) is 0 Å². The van der Waals surface area contributed by atoms with Gasteiger partial charge >= 0.3 is 53.7 Å². The zero-order valence-electron chi connectivity index (χ0n) is 50.1. The zero-order valence-corrected chi connectivity index (χ0v) is 53.6. The minimum absolute atomic E-state index is 0. The van der Waals surface area contributed by atoms with Crippen molar-refractivity contribution in [2.75, 3.05) is 52.5 Å². The van der Waals surface area contributed by atoms with Crippen molar-refractivity contribution in [2.45, 2.75) is 188 Å². The fourth-order valence-electron chi connectivity index (χ4n) is 7.86. The van der Waals surface area contributed by atoms with E-state index in [-0.39, 0.29) is 65.8 Å². The largest absolute Gasteiger partial charge is 1.00 e. The van der Waals surface area contributed by atoms with Crippen LogP contribution in [0.4, 0.5) is 9.59 Å². The standard InChI is InChI=1S/C24H37ClN2O4.C14H20ClNO2.C10H17NO3.C4H6O4.C2H3BO2.C2H4O2.Na/c1-23(2,3)31-22(28)26-12-10-19(11-13-26)27-15-21(24(4,5)29)30-16-20(27)14-17-6-8-18(25)9-7-17;1-14(2,17)13-8-16-12(9-18-13)7-10-3-5-11(15)6-4-10;1-10(2,3)14-9(13)11-6-4-8(12)5-7-11;1-3(5)7-8-4(2)6;1-2(4)5-3;1-2(3)4;/h6-9,19-21,29H,10-16H2,1-5H3;3-6,12-13,16-17H,7-9H2,1-2H3;4-7H2,1-3H3;1-2H3;1H3;1H3,(H,3,4);/q;;;;-1;;+1/t20?,21-;12?,13-;;;;;/m11...../s1. The Labute approximate surface area is 512 Å². The average molecular weight is 1190 g/mol. The molecule has 2 amide bonds. The van der Waals surface area contributed by atoms with E-state index in [2.05, 4.69) is 44.8 Å². The number of nitrogens with zero attached hydrogens (tertiary/aromatic N) is 3. The SMILES string of the molecule is CC(=O)O.CC(=O)OOC(C)=O.CC(C)(C)OC(=O)N1CCC(=O)CC1.CC(C)(C)OC(=O)N1CCC(N2C[C@H](C(C)(C)O)OCC2Cc2ccc(Cl)cc2)CC1.CC(C)(O)[C@H]1CNC(Cc2ccc(Cl)cc2)CO1.[B-]OC(C)=O.[Na+]. The van der Waals surface area contributed by atoms with Gasteiger partial charge in [0, 0.05) is 108 Å². The molecule has 0 aromatic heterocycles. The maximum Gasteiger partial charge on any atom is 1.00 e. The van der Waals surface area contributed by atoms with Crippen LogP contribution >= 0.6 is 23.2 Å². The van der Waals surface area contributed by atoms with Crippen LogP contribution < -0.4 is 34.9 Å². The quantitative estimate of drug-likeness (QED) is 0.169. The van der Waals surface area contributed by atoms with E-state index in [1.165, 1.54) is 18.1 Å². The third-order valence-electron chi connectivity index (χ3n) is 11.8. The van der Waals surface area contributed by atoms with Crippen molar-refractivity contribution >= 4 is 73.1 Å². The number of Topliss-reactive ketones (excluding diaryl/α,β-unsaturated/α-hetero) is 1. The first-order chi connectivity index (χ1) is 36.9. The number of carbonyl (C=O) groups is 7. The second-order valence-corrected chi connectivity index (χ2v) is 23.4. The summed E-state index contributed by atoms with van der Waals surface area (Å²) in [5.41, 5.74) is -0.183. The summed E-state index contributed by atoms with van der Waals surface area (Å²) in [6.45, 7) is 27.8. The number of piperidine rings is 2. The van der Waals surface area contributed by atoms with Gasteiger partial charge in [-0.3, -0.25) is 19.3 Å². The molecule has 81 heavy (non-hydrogen) atoms. The molecule has 4 aliphatic rings. The molecule has 451 valence electrons. The van der Waals surface area contributed by atoms with Gasteiger partial charge < -0.3 is 62.1 Å². The van der Waals surface area contributed by atoms with E-state index in [1.54, 1.807) is 32.6 Å². The molecule has 4 fully saturated rings. The molecule has 0 saturated carbocycles. The Morgan fingerprint density at radius 2 is 1.02 bits per heavy atom. The number of aliphatic hydroxyl groups is 2. The first-order valence-electron chi connectivity index (χ1n) is 26.4. The van der Waals surface area contributed by atoms with Gasteiger partial charge in [-0.05, 0) is 130 Å². The normalized spacial score (nSPS) is 19.5. The number of nitrogens with one attached hydrogen (secondary N) is 1. The van der Waals surface area contributed by atoms with Crippen LogP contribution in [0.5, 0.6) is 0 Å². The molecule has 21 nitrogen and oxygen atoms in total. The van der Waals surface area contributed by atoms with Crippen LogP contribution in [0.1, 0.15) is 134 Å². The van der Waals surface area contributed by atoms with Crippen molar-refractivity contribution in [2.24, 2.45) is 0 Å². The van der Waals surface area contributed by atoms with Gasteiger partial charge in [0.05, 0.1) is 36.6 Å². The fourth-order valence-corrected chi connectivity index (χ4v) is 8.11. The number of carboxylic acids is 1. The van der Waals surface area contributed by atoms with Gasteiger partial charge in [0.15, 0.2) is 0 Å². The van der Waals surface area contributed by atoms with Crippen LogP contribution in [-0.2, 0) is 70.2 Å². The third-order valence-corrected chi connectivity index (χ3v) is 12.3. The number of ether oxygens (including phenoxy) is 4. The number of likely N-dealkylation sites (tertiary alicyclic amines) is 2. The smallest absolute Gasteiger partial charge is 0.793 e. The molecule has 3 radical (unpaired) electrons. The number of amides is 2. The summed E-state index contributed by atoms with van der Waals surface area (Å²) in [6.07, 6.45) is 3.53. The predicted octanol–water partition coefficient (Wildman–Crippen LogP) is 4.47. The minimum atomic E-state index is -0.902. The number of aliphatic carboxylic acids is 1. The molecule has 25 heteroatoms. The first-order valence-corrected chi connectivity index (χ1v) is 27.2. The van der Waals surface area contributed by atoms with Crippen molar-refractivity contribution in [3.05, 3.63) is 69.7 Å². The Morgan fingerprint density at radius 3 is 1.37 bits per heavy atom. The van der Waals surface area contributed by atoms with Gasteiger partial charge in [-0.2, -0.15) is 0 Å². The van der Waals surface area contributed by atoms with E-state index < -0.39 is 46.3 Å². The molecular formula is C56H87BCl2N4NaO17. The summed E-state index contributed by atoms with van der Waals surface area (Å²) in [7, 11) is 4.32. The summed E-state index contributed by atoms with van der Waals surface area (Å²) >= 11 is 11.9. The number of ketones is 1. The molecule has 2 aromatic rings. The van der Waals surface area contributed by atoms with Gasteiger partial charge in [-0.15, -0.1) is 0 Å². The minimum Gasteiger partial charge on any atom is -0.793 e. The van der Waals surface area contributed by atoms with Crippen LogP contribution in [0, 0.1) is 0 Å². The second-order valence-electron chi connectivity index (χ2n) is 22.6. The topological polar surface area (TPSA) is 267 Å². The van der Waals surface area contributed by atoms with Crippen LogP contribution in [0.25, 0.3) is 0 Å². The van der Waals surface area contributed by atoms with E-state index in [0.29, 0.717) is 77.4 Å². The fraction of sp³-hybridized carbons (Fsp3) is 0.661. The van der Waals surface area contributed by atoms with Gasteiger partial charge in [-0.1, -0.05) is 47.5 Å². The predicted molar refractivity (Wildman–Crippen MR) is 302 cm³/mol. The average Bonchev–Trinajstić information content (AvgIpc) is 3.34. The van der Waals surface area contributed by atoms with Gasteiger partial charge in [-0.25, -0.2) is 29.0 Å². The molecule has 4 N–H and O–H groups in total. The summed E-state index contributed by atoms with van der Waals surface area (Å²) in [5, 5.41) is 32.8. The van der Waals surface area contributed by atoms with E-state index >= 15 is 0 Å². The molecule has 4 atom stereocenters. The van der Waals surface area contributed by atoms with Gasteiger partial charge in [0.1, 0.15) is 17.0 Å². The Hall–Kier alpha value is -4.07. The number of morpholine rings is 2. The third kappa shape index (κ3) is 35.6. The molecule has 0 spiro atoms. The second kappa shape index (κ2) is 37.3. The van der Waals surface area contributed by atoms with Crippen LogP contribution in [-0.4, -0.2) is 185 Å². The van der Waals surface area contributed by atoms with E-state index in [0.717, 1.165) is 56.5 Å². The number of hydrogen-bond acceptors (Lipinski definition) is 18. The van der Waals surface area contributed by atoms with E-state index in [1.807, 2.05) is 82.8 Å². The maximum atomic E-state index is 12.4. The van der Waals surface area contributed by atoms with Crippen molar-refractivity contribution in [1.82, 2.24) is 20.0 Å². The molecule has 0 aliphatic carbocycles. The molecule has 4 aliphatic heterocycles. The molecule has 2 unspecified atom stereocenters. The Morgan fingerprint density at radius 1 is 0.642 bits per heavy atom. The van der Waals surface area contributed by atoms with Gasteiger partial charge in [0.25, 0.3) is 5.97 Å². The zero-order chi connectivity index (χ0) is 61.2. The van der Waals surface area contributed by atoms with E-state index in [9.17, 15) is 39.0 Å². The van der Waals surface area contributed by atoms with Crippen LogP contribution in [0.15, 0.2) is 48.5 Å². The molecule has 4 heterocycles. The van der Waals surface area contributed by atoms with Crippen LogP contribution in [0.2, 0.25) is 10.0 Å². The molecular weight excluding hydrogens is 1110 g/mol. The molecule has 4 saturated heterocycles. The van der Waals surface area contributed by atoms with Crippen molar-refractivity contribution < 1.29 is 112 Å². The maximum absolute atomic E-state index is 12.4. The summed E-state index contributed by atoms with van der Waals surface area (Å²) in [4.78, 5) is 86.6. The van der Waals surface area contributed by atoms with E-state index in [4.69, 9.17) is 52.1 Å². The first kappa shape index (κ1) is 76.9. The number of carboxylic acid groups (broad SMARTS) is 1. The molecule has 0 bridgehead atoms. The summed E-state index contributed by atoms with van der Waals surface area (Å²) < 4.78 is 26.1. The van der Waals surface area contributed by atoms with Crippen molar-refractivity contribution in [3.8, 4) is 0 Å². The van der Waals surface area contributed by atoms with Crippen molar-refractivity contribution in [1.29, 1.82) is 0 Å². The number of rotatable bonds is 7. The number of halogens is 2. The monoisotopic (exact) mass is 1190 g/mol. The molecule has 6 rings (SSSR count). The number of benzene rings is 2. The van der Waals surface area contributed by atoms with Crippen molar-refractivity contribution in [3.63, 3.8) is 0 Å². The Bertz CT molecular complexity index is 2200.